The van der Waals surface area contributed by atoms with Crippen LogP contribution < -0.4 is 0 Å². The summed E-state index contributed by atoms with van der Waals surface area (Å²) in [6.45, 7) is 7.33. The van der Waals surface area contributed by atoms with E-state index in [0.29, 0.717) is 26.2 Å². The first-order valence-electron chi connectivity index (χ1n) is 6.19. The number of carbonyl (C=O) groups is 1. The van der Waals surface area contributed by atoms with Crippen LogP contribution in [0.15, 0.2) is 0 Å². The zero-order chi connectivity index (χ0) is 14.5. The molecule has 0 atom stereocenters. The number of amides is 1. The van der Waals surface area contributed by atoms with Gasteiger partial charge in [-0.05, 0) is 27.2 Å². The van der Waals surface area contributed by atoms with Gasteiger partial charge in [-0.3, -0.25) is 0 Å². The summed E-state index contributed by atoms with van der Waals surface area (Å²) in [6.07, 6.45) is 0.392. The fourth-order valence-corrected chi connectivity index (χ4v) is 3.65. The fourth-order valence-electron chi connectivity index (χ4n) is 2.56. The number of nitrogens with zero attached hydrogens (tertiary/aromatic N) is 2. The smallest absolute Gasteiger partial charge is 0.410 e. The first kappa shape index (κ1) is 14.9. The molecule has 0 bridgehead atoms. The molecule has 6 nitrogen and oxygen atoms in total. The molecule has 1 amide bonds. The highest BCUT2D eigenvalue weighted by atomic mass is 35.7. The van der Waals surface area contributed by atoms with Crippen molar-refractivity contribution in [2.24, 2.45) is 5.41 Å². The van der Waals surface area contributed by atoms with Crippen LogP contribution in [-0.4, -0.2) is 55.5 Å². The van der Waals surface area contributed by atoms with Gasteiger partial charge >= 0.3 is 6.09 Å². The van der Waals surface area contributed by atoms with E-state index in [9.17, 15) is 13.2 Å². The molecule has 0 aromatic rings. The number of rotatable bonds is 1. The summed E-state index contributed by atoms with van der Waals surface area (Å²) in [5.41, 5.74) is -0.653. The molecule has 2 saturated heterocycles. The van der Waals surface area contributed by atoms with Crippen LogP contribution in [0.25, 0.3) is 0 Å². The number of halogens is 1. The van der Waals surface area contributed by atoms with Crippen molar-refractivity contribution in [3.63, 3.8) is 0 Å². The molecule has 0 aliphatic carbocycles. The monoisotopic (exact) mass is 310 g/mol. The van der Waals surface area contributed by atoms with E-state index >= 15 is 0 Å². The second-order valence-electron chi connectivity index (χ2n) is 6.36. The molecule has 0 unspecified atom stereocenters. The molecule has 2 fully saturated rings. The number of hydrogen-bond donors (Lipinski definition) is 0. The van der Waals surface area contributed by atoms with Gasteiger partial charge in [-0.25, -0.2) is 4.79 Å². The number of likely N-dealkylation sites (tertiary alicyclic amines) is 1. The molecule has 2 aliphatic rings. The summed E-state index contributed by atoms with van der Waals surface area (Å²) in [5, 5.41) is 0. The van der Waals surface area contributed by atoms with Gasteiger partial charge in [-0.1, -0.05) is 0 Å². The van der Waals surface area contributed by atoms with E-state index in [-0.39, 0.29) is 11.5 Å². The maximum Gasteiger partial charge on any atom is 0.410 e. The van der Waals surface area contributed by atoms with Gasteiger partial charge < -0.3 is 9.64 Å². The van der Waals surface area contributed by atoms with Gasteiger partial charge in [0.1, 0.15) is 5.60 Å². The van der Waals surface area contributed by atoms with E-state index in [2.05, 4.69) is 0 Å². The summed E-state index contributed by atoms with van der Waals surface area (Å²) in [4.78, 5) is 13.4. The van der Waals surface area contributed by atoms with Crippen molar-refractivity contribution in [1.29, 1.82) is 0 Å². The van der Waals surface area contributed by atoms with Crippen LogP contribution in [0.1, 0.15) is 27.2 Å². The second kappa shape index (κ2) is 4.49. The highest BCUT2D eigenvalue weighted by Crippen LogP contribution is 2.41. The van der Waals surface area contributed by atoms with Gasteiger partial charge in [0.15, 0.2) is 0 Å². The first-order chi connectivity index (χ1) is 8.51. The lowest BCUT2D eigenvalue weighted by Gasteiger charge is -2.47. The Hall–Kier alpha value is -0.530. The van der Waals surface area contributed by atoms with Crippen molar-refractivity contribution in [2.45, 2.75) is 32.8 Å². The standard InChI is InChI=1S/C11H19ClN2O4S/c1-10(2,3)18-9(15)13-6-11(7-13)4-5-14(8-11)19(12,16)17/h4-8H2,1-3H3. The second-order valence-corrected chi connectivity index (χ2v) is 8.87. The molecule has 2 rings (SSSR count). The number of hydrogen-bond acceptors (Lipinski definition) is 4. The van der Waals surface area contributed by atoms with Gasteiger partial charge in [0.05, 0.1) is 0 Å². The maximum absolute atomic E-state index is 11.8. The van der Waals surface area contributed by atoms with Crippen molar-refractivity contribution in [3.8, 4) is 0 Å². The number of carbonyl (C=O) groups excluding carboxylic acids is 1. The minimum atomic E-state index is -3.65. The summed E-state index contributed by atoms with van der Waals surface area (Å²) < 4.78 is 29.0. The lowest BCUT2D eigenvalue weighted by molar-refractivity contribution is -0.0286. The number of ether oxygens (including phenoxy) is 1. The van der Waals surface area contributed by atoms with E-state index in [0.717, 1.165) is 6.42 Å². The van der Waals surface area contributed by atoms with Crippen LogP contribution in [0.2, 0.25) is 0 Å². The van der Waals surface area contributed by atoms with Crippen molar-refractivity contribution in [3.05, 3.63) is 0 Å². The predicted octanol–water partition coefficient (Wildman–Crippen LogP) is 1.41. The molecule has 2 heterocycles. The summed E-state index contributed by atoms with van der Waals surface area (Å²) >= 11 is 0. The van der Waals surface area contributed by atoms with Gasteiger partial charge in [0.2, 0.25) is 0 Å². The molecule has 0 saturated carbocycles. The quantitative estimate of drug-likeness (QED) is 0.687. The molecule has 1 spiro atoms. The topological polar surface area (TPSA) is 66.9 Å². The Morgan fingerprint density at radius 3 is 2.26 bits per heavy atom. The molecule has 110 valence electrons. The van der Waals surface area contributed by atoms with Crippen molar-refractivity contribution in [1.82, 2.24) is 9.21 Å². The third-order valence-electron chi connectivity index (χ3n) is 3.42. The van der Waals surface area contributed by atoms with Gasteiger partial charge in [0, 0.05) is 42.3 Å². The average Bonchev–Trinajstić information content (AvgIpc) is 2.55. The molecule has 0 aromatic heterocycles. The van der Waals surface area contributed by atoms with Crippen molar-refractivity contribution >= 4 is 26.0 Å². The molecule has 19 heavy (non-hydrogen) atoms. The van der Waals surface area contributed by atoms with Gasteiger partial charge in [0.25, 0.3) is 9.24 Å². The average molecular weight is 311 g/mol. The lowest BCUT2D eigenvalue weighted by atomic mass is 9.79. The van der Waals surface area contributed by atoms with Gasteiger partial charge in [-0.15, -0.1) is 0 Å². The SMILES string of the molecule is CC(C)(C)OC(=O)N1CC2(CCN(S(=O)(=O)Cl)C2)C1. The Balaban J connectivity index is 1.89. The minimum absolute atomic E-state index is 0.140. The zero-order valence-electron chi connectivity index (χ0n) is 11.3. The zero-order valence-corrected chi connectivity index (χ0v) is 12.9. The Bertz CT molecular complexity index is 479. The van der Waals surface area contributed by atoms with Crippen LogP contribution in [0.5, 0.6) is 0 Å². The van der Waals surface area contributed by atoms with Crippen LogP contribution in [-0.2, 0) is 14.0 Å². The predicted molar refractivity (Wildman–Crippen MR) is 71.2 cm³/mol. The van der Waals surface area contributed by atoms with E-state index in [1.54, 1.807) is 4.90 Å². The van der Waals surface area contributed by atoms with Crippen molar-refractivity contribution < 1.29 is 17.9 Å². The van der Waals surface area contributed by atoms with E-state index in [1.807, 2.05) is 20.8 Å². The Kier molecular flexibility index (Phi) is 3.52. The van der Waals surface area contributed by atoms with Crippen LogP contribution in [0.4, 0.5) is 4.79 Å². The van der Waals surface area contributed by atoms with Crippen LogP contribution in [0.3, 0.4) is 0 Å². The molecular weight excluding hydrogens is 292 g/mol. The summed E-state index contributed by atoms with van der Waals surface area (Å²) in [7, 11) is 1.68. The van der Waals surface area contributed by atoms with Crippen LogP contribution in [0, 0.1) is 5.41 Å². The first-order valence-corrected chi connectivity index (χ1v) is 8.45. The van der Waals surface area contributed by atoms with Crippen molar-refractivity contribution in [2.75, 3.05) is 26.2 Å². The summed E-state index contributed by atoms with van der Waals surface area (Å²) in [6, 6.07) is 0. The molecule has 2 aliphatic heterocycles. The molecule has 0 aromatic carbocycles. The largest absolute Gasteiger partial charge is 0.444 e. The van der Waals surface area contributed by atoms with E-state index < -0.39 is 14.8 Å². The Morgan fingerprint density at radius 1 is 1.26 bits per heavy atom. The normalized spacial score (nSPS) is 23.5. The maximum atomic E-state index is 11.8. The van der Waals surface area contributed by atoms with E-state index in [1.165, 1.54) is 4.31 Å². The highest BCUT2D eigenvalue weighted by Gasteiger charge is 2.52. The Labute approximate surface area is 118 Å². The fraction of sp³-hybridized carbons (Fsp3) is 0.909. The summed E-state index contributed by atoms with van der Waals surface area (Å²) in [5.74, 6) is 0. The molecular formula is C11H19ClN2O4S. The third-order valence-corrected chi connectivity index (χ3v) is 4.93. The van der Waals surface area contributed by atoms with E-state index in [4.69, 9.17) is 15.4 Å². The third kappa shape index (κ3) is 3.32. The minimum Gasteiger partial charge on any atom is -0.444 e. The van der Waals surface area contributed by atoms with Gasteiger partial charge in [-0.2, -0.15) is 12.7 Å². The molecule has 0 N–H and O–H groups in total. The highest BCUT2D eigenvalue weighted by molar-refractivity contribution is 8.11. The van der Waals surface area contributed by atoms with Crippen LogP contribution >= 0.6 is 10.7 Å². The molecule has 8 heteroatoms. The molecule has 0 radical (unpaired) electrons. The Morgan fingerprint density at radius 2 is 1.84 bits per heavy atom. The lowest BCUT2D eigenvalue weighted by Crippen LogP contribution is -2.60.